The molecular weight excluding hydrogens is 152 g/mol. The van der Waals surface area contributed by atoms with Gasteiger partial charge < -0.3 is 9.64 Å². The van der Waals surface area contributed by atoms with Gasteiger partial charge in [-0.2, -0.15) is 8.78 Å². The van der Waals surface area contributed by atoms with Crippen LogP contribution in [0.2, 0.25) is 0 Å². The Morgan fingerprint density at radius 3 is 1.73 bits per heavy atom. The van der Waals surface area contributed by atoms with E-state index < -0.39 is 6.61 Å². The minimum atomic E-state index is -2.62. The van der Waals surface area contributed by atoms with E-state index in [2.05, 4.69) is 16.7 Å². The molecule has 0 amide bonds. The Bertz CT molecular complexity index is 84.5. The number of rotatable bonds is 1. The van der Waals surface area contributed by atoms with Gasteiger partial charge in [-0.3, -0.25) is 0 Å². The molecule has 1 fully saturated rings. The second-order valence-corrected chi connectivity index (χ2v) is 2.51. The summed E-state index contributed by atoms with van der Waals surface area (Å²) < 4.78 is 24.5. The Hall–Kier alpha value is -0.220. The molecule has 0 spiro atoms. The normalized spacial score (nSPS) is 18.3. The summed E-state index contributed by atoms with van der Waals surface area (Å²) in [7, 11) is 3.12. The van der Waals surface area contributed by atoms with Crippen LogP contribution < -0.4 is 0 Å². The lowest BCUT2D eigenvalue weighted by Gasteiger charge is -2.01. The number of hydrogen-bond donors (Lipinski definition) is 0. The van der Waals surface area contributed by atoms with Gasteiger partial charge >= 0.3 is 6.61 Å². The van der Waals surface area contributed by atoms with Crippen molar-refractivity contribution in [3.63, 3.8) is 0 Å². The topological polar surface area (TPSA) is 12.5 Å². The molecular formula is C7H15F2NO. The van der Waals surface area contributed by atoms with Gasteiger partial charge in [0.05, 0.1) is 0 Å². The van der Waals surface area contributed by atoms with E-state index in [1.54, 1.807) is 0 Å². The van der Waals surface area contributed by atoms with Crippen molar-refractivity contribution in [2.24, 2.45) is 0 Å². The van der Waals surface area contributed by atoms with Gasteiger partial charge in [-0.1, -0.05) is 0 Å². The van der Waals surface area contributed by atoms with E-state index in [1.807, 2.05) is 0 Å². The number of nitrogens with zero attached hydrogens (tertiary/aromatic N) is 1. The first-order chi connectivity index (χ1) is 5.16. The fraction of sp³-hybridized carbons (Fsp3) is 1.00. The molecule has 11 heavy (non-hydrogen) atoms. The summed E-state index contributed by atoms with van der Waals surface area (Å²) in [5.41, 5.74) is 0. The molecule has 0 atom stereocenters. The monoisotopic (exact) mass is 167 g/mol. The Kier molecular flexibility index (Phi) is 6.36. The van der Waals surface area contributed by atoms with Crippen molar-refractivity contribution in [1.29, 1.82) is 0 Å². The van der Waals surface area contributed by atoms with Gasteiger partial charge in [0.1, 0.15) is 0 Å². The van der Waals surface area contributed by atoms with Gasteiger partial charge in [0.15, 0.2) is 0 Å². The van der Waals surface area contributed by atoms with Crippen molar-refractivity contribution in [2.75, 3.05) is 27.2 Å². The highest BCUT2D eigenvalue weighted by molar-refractivity contribution is 4.59. The number of alkyl halides is 2. The average Bonchev–Trinajstić information content (AvgIpc) is 2.41. The summed E-state index contributed by atoms with van der Waals surface area (Å²) >= 11 is 0. The van der Waals surface area contributed by atoms with Crippen LogP contribution >= 0.6 is 0 Å². The largest absolute Gasteiger partial charge is 0.345 e. The summed E-state index contributed by atoms with van der Waals surface area (Å²) in [5, 5.41) is 0. The van der Waals surface area contributed by atoms with Gasteiger partial charge in [0.2, 0.25) is 0 Å². The molecule has 4 heteroatoms. The van der Waals surface area contributed by atoms with Crippen molar-refractivity contribution in [2.45, 2.75) is 19.5 Å². The van der Waals surface area contributed by atoms with Gasteiger partial charge in [-0.25, -0.2) is 0 Å². The molecule has 0 aromatic rings. The lowest BCUT2D eigenvalue weighted by molar-refractivity contribution is -0.105. The first-order valence-corrected chi connectivity index (χ1v) is 3.66. The third kappa shape index (κ3) is 7.68. The molecule has 1 aliphatic heterocycles. The fourth-order valence-electron chi connectivity index (χ4n) is 0.875. The third-order valence-electron chi connectivity index (χ3n) is 1.51. The summed E-state index contributed by atoms with van der Waals surface area (Å²) in [6.07, 6.45) is 2.83. The molecule has 0 aromatic heterocycles. The number of hydrogen-bond acceptors (Lipinski definition) is 2. The Labute approximate surface area is 66.1 Å². The van der Waals surface area contributed by atoms with Crippen LogP contribution in [-0.4, -0.2) is 38.8 Å². The molecule has 1 aliphatic rings. The van der Waals surface area contributed by atoms with Gasteiger partial charge in [-0.05, 0) is 33.0 Å². The molecule has 0 saturated carbocycles. The molecule has 0 N–H and O–H groups in total. The van der Waals surface area contributed by atoms with E-state index in [9.17, 15) is 8.78 Å². The van der Waals surface area contributed by atoms with Crippen LogP contribution in [0.3, 0.4) is 0 Å². The summed E-state index contributed by atoms with van der Waals surface area (Å²) in [6.45, 7) is 0.0231. The van der Waals surface area contributed by atoms with E-state index >= 15 is 0 Å². The Morgan fingerprint density at radius 2 is 1.64 bits per heavy atom. The third-order valence-corrected chi connectivity index (χ3v) is 1.51. The van der Waals surface area contributed by atoms with E-state index in [4.69, 9.17) is 0 Å². The minimum absolute atomic E-state index is 0.949. The standard InChI is InChI=1S/C5H11N.C2H4F2O/c1-6-4-2-3-5-6;1-5-2(3)4/h2-5H2,1H3;2H,1H3. The maximum Gasteiger partial charge on any atom is 0.345 e. The van der Waals surface area contributed by atoms with Crippen LogP contribution in [0.1, 0.15) is 12.8 Å². The summed E-state index contributed by atoms with van der Waals surface area (Å²) in [6, 6.07) is 0. The predicted molar refractivity (Wildman–Crippen MR) is 39.7 cm³/mol. The van der Waals surface area contributed by atoms with Gasteiger partial charge in [-0.15, -0.1) is 0 Å². The van der Waals surface area contributed by atoms with Crippen molar-refractivity contribution in [3.05, 3.63) is 0 Å². The number of likely N-dealkylation sites (tertiary alicyclic amines) is 1. The smallest absolute Gasteiger partial charge is 0.326 e. The van der Waals surface area contributed by atoms with Crippen LogP contribution in [0.4, 0.5) is 8.78 Å². The number of methoxy groups -OCH3 is 1. The fourth-order valence-corrected chi connectivity index (χ4v) is 0.875. The molecule has 1 heterocycles. The molecule has 1 rings (SSSR count). The quantitative estimate of drug-likeness (QED) is 0.587. The van der Waals surface area contributed by atoms with E-state index in [0.29, 0.717) is 0 Å². The first-order valence-electron chi connectivity index (χ1n) is 3.66. The average molecular weight is 167 g/mol. The van der Waals surface area contributed by atoms with E-state index in [-0.39, 0.29) is 0 Å². The predicted octanol–water partition coefficient (Wildman–Crippen LogP) is 1.57. The second kappa shape index (κ2) is 6.49. The summed E-state index contributed by atoms with van der Waals surface area (Å²) in [4.78, 5) is 2.36. The van der Waals surface area contributed by atoms with Crippen LogP contribution in [0.5, 0.6) is 0 Å². The van der Waals surface area contributed by atoms with Gasteiger partial charge in [0, 0.05) is 7.11 Å². The van der Waals surface area contributed by atoms with Crippen molar-refractivity contribution in [3.8, 4) is 0 Å². The zero-order chi connectivity index (χ0) is 8.69. The zero-order valence-electron chi connectivity index (χ0n) is 7.02. The maximum absolute atomic E-state index is 10.5. The highest BCUT2D eigenvalue weighted by atomic mass is 19.3. The molecule has 68 valence electrons. The van der Waals surface area contributed by atoms with Crippen LogP contribution in [0.15, 0.2) is 0 Å². The number of halogens is 2. The zero-order valence-corrected chi connectivity index (χ0v) is 7.02. The first kappa shape index (κ1) is 10.8. The highest BCUT2D eigenvalue weighted by Crippen LogP contribution is 2.02. The Morgan fingerprint density at radius 1 is 1.27 bits per heavy atom. The van der Waals surface area contributed by atoms with Crippen LogP contribution in [-0.2, 0) is 4.74 Å². The lowest BCUT2D eigenvalue weighted by atomic mass is 10.4. The maximum atomic E-state index is 10.5. The van der Waals surface area contributed by atoms with Crippen molar-refractivity contribution >= 4 is 0 Å². The number of ether oxygens (including phenoxy) is 1. The molecule has 0 unspecified atom stereocenters. The second-order valence-electron chi connectivity index (χ2n) is 2.51. The molecule has 0 radical (unpaired) electrons. The minimum Gasteiger partial charge on any atom is -0.326 e. The molecule has 0 bridgehead atoms. The molecule has 0 aliphatic carbocycles. The SMILES string of the molecule is CN1CCCC1.COC(F)F. The molecule has 1 saturated heterocycles. The van der Waals surface area contributed by atoms with Crippen molar-refractivity contribution < 1.29 is 13.5 Å². The Balaban J connectivity index is 0.000000187. The van der Waals surface area contributed by atoms with Gasteiger partial charge in [0.25, 0.3) is 0 Å². The van der Waals surface area contributed by atoms with Crippen LogP contribution in [0.25, 0.3) is 0 Å². The summed E-state index contributed by atoms with van der Waals surface area (Å²) in [5.74, 6) is 0. The van der Waals surface area contributed by atoms with E-state index in [1.165, 1.54) is 25.9 Å². The molecule has 2 nitrogen and oxygen atoms in total. The van der Waals surface area contributed by atoms with Crippen molar-refractivity contribution in [1.82, 2.24) is 4.90 Å². The lowest BCUT2D eigenvalue weighted by Crippen LogP contribution is -2.10. The molecule has 0 aromatic carbocycles. The highest BCUT2D eigenvalue weighted by Gasteiger charge is 2.03. The van der Waals surface area contributed by atoms with E-state index in [0.717, 1.165) is 7.11 Å². The van der Waals surface area contributed by atoms with Crippen LogP contribution in [0, 0.1) is 0 Å².